The van der Waals surface area contributed by atoms with Gasteiger partial charge in [-0.3, -0.25) is 4.99 Å². The minimum absolute atomic E-state index is 0. The summed E-state index contributed by atoms with van der Waals surface area (Å²) in [5.41, 5.74) is 3.49. The van der Waals surface area contributed by atoms with E-state index in [1.165, 1.54) is 11.1 Å². The minimum atomic E-state index is 0. The molecule has 3 rings (SSSR count). The molecule has 0 bridgehead atoms. The highest BCUT2D eigenvalue weighted by molar-refractivity contribution is 14.0. The van der Waals surface area contributed by atoms with Gasteiger partial charge in [-0.15, -0.1) is 24.0 Å². The molecule has 0 spiro atoms. The molecular weight excluding hydrogens is 461 g/mol. The van der Waals surface area contributed by atoms with Crippen LogP contribution in [0.5, 0.6) is 0 Å². The summed E-state index contributed by atoms with van der Waals surface area (Å²) >= 11 is 0. The van der Waals surface area contributed by atoms with Crippen LogP contribution in [0, 0.1) is 0 Å². The van der Waals surface area contributed by atoms with E-state index in [1.807, 2.05) is 47.3 Å². The standard InChI is InChI=1S/C22H27N5.HI/c1-3-23-22(26-18(2)20-10-6-4-7-11-20)24-15-14-19-16-25-27(17-19)21-12-8-5-9-13-21;/h4-13,16-18H,3,14-15H2,1-2H3,(H2,23,24,26);1H. The number of halogens is 1. The molecule has 0 aliphatic carbocycles. The molecule has 1 heterocycles. The average Bonchev–Trinajstić information content (AvgIpc) is 3.18. The van der Waals surface area contributed by atoms with Crippen molar-refractivity contribution in [2.75, 3.05) is 13.1 Å². The largest absolute Gasteiger partial charge is 0.357 e. The number of aliphatic imine (C=N–C) groups is 1. The van der Waals surface area contributed by atoms with E-state index in [1.54, 1.807) is 0 Å². The van der Waals surface area contributed by atoms with E-state index in [0.717, 1.165) is 24.6 Å². The quantitative estimate of drug-likeness (QED) is 0.295. The Morgan fingerprint density at radius 2 is 1.75 bits per heavy atom. The highest BCUT2D eigenvalue weighted by Crippen LogP contribution is 2.11. The molecule has 2 N–H and O–H groups in total. The Balaban J connectivity index is 0.00000280. The number of nitrogens with zero attached hydrogens (tertiary/aromatic N) is 3. The zero-order chi connectivity index (χ0) is 18.9. The number of para-hydroxylation sites is 1. The first-order chi connectivity index (χ1) is 13.3. The van der Waals surface area contributed by atoms with Crippen molar-refractivity contribution < 1.29 is 0 Å². The maximum absolute atomic E-state index is 4.71. The summed E-state index contributed by atoms with van der Waals surface area (Å²) in [4.78, 5) is 4.71. The zero-order valence-corrected chi connectivity index (χ0v) is 18.7. The first-order valence-electron chi connectivity index (χ1n) is 9.45. The summed E-state index contributed by atoms with van der Waals surface area (Å²) in [5.74, 6) is 0.837. The molecule has 0 aliphatic heterocycles. The first kappa shape index (κ1) is 21.9. The molecule has 6 heteroatoms. The minimum Gasteiger partial charge on any atom is -0.357 e. The van der Waals surface area contributed by atoms with Gasteiger partial charge in [0.25, 0.3) is 0 Å². The normalized spacial score (nSPS) is 12.1. The molecule has 0 radical (unpaired) electrons. The Bertz CT molecular complexity index is 846. The molecule has 0 aliphatic rings. The molecule has 0 fully saturated rings. The van der Waals surface area contributed by atoms with Crippen molar-refractivity contribution in [1.82, 2.24) is 20.4 Å². The van der Waals surface area contributed by atoms with Crippen LogP contribution in [0.2, 0.25) is 0 Å². The highest BCUT2D eigenvalue weighted by atomic mass is 127. The predicted molar refractivity (Wildman–Crippen MR) is 127 cm³/mol. The number of nitrogens with one attached hydrogen (secondary N) is 2. The predicted octanol–water partition coefficient (Wildman–Crippen LogP) is 4.35. The SMILES string of the molecule is CCNC(=NCCc1cnn(-c2ccccc2)c1)NC(C)c1ccccc1.I. The third kappa shape index (κ3) is 6.37. The average molecular weight is 489 g/mol. The van der Waals surface area contributed by atoms with Crippen LogP contribution in [-0.4, -0.2) is 28.8 Å². The van der Waals surface area contributed by atoms with Crippen LogP contribution in [0.15, 0.2) is 78.0 Å². The van der Waals surface area contributed by atoms with Gasteiger partial charge in [-0.2, -0.15) is 5.10 Å². The van der Waals surface area contributed by atoms with E-state index >= 15 is 0 Å². The van der Waals surface area contributed by atoms with Crippen LogP contribution >= 0.6 is 24.0 Å². The van der Waals surface area contributed by atoms with Crippen LogP contribution in [0.3, 0.4) is 0 Å². The van der Waals surface area contributed by atoms with Gasteiger partial charge in [-0.1, -0.05) is 48.5 Å². The zero-order valence-electron chi connectivity index (χ0n) is 16.4. The number of aromatic nitrogens is 2. The van der Waals surface area contributed by atoms with E-state index in [0.29, 0.717) is 6.54 Å². The lowest BCUT2D eigenvalue weighted by Gasteiger charge is -2.18. The van der Waals surface area contributed by atoms with Gasteiger partial charge in [0.2, 0.25) is 0 Å². The lowest BCUT2D eigenvalue weighted by Crippen LogP contribution is -2.38. The number of hydrogen-bond acceptors (Lipinski definition) is 2. The molecule has 1 aromatic heterocycles. The van der Waals surface area contributed by atoms with E-state index in [9.17, 15) is 0 Å². The number of guanidine groups is 1. The maximum Gasteiger partial charge on any atom is 0.191 e. The Labute approximate surface area is 184 Å². The van der Waals surface area contributed by atoms with Gasteiger partial charge >= 0.3 is 0 Å². The van der Waals surface area contributed by atoms with Crippen molar-refractivity contribution in [2.24, 2.45) is 4.99 Å². The number of rotatable bonds is 7. The van der Waals surface area contributed by atoms with Crippen molar-refractivity contribution in [3.05, 3.63) is 84.2 Å². The fourth-order valence-electron chi connectivity index (χ4n) is 2.86. The second-order valence-electron chi connectivity index (χ2n) is 6.42. The molecule has 28 heavy (non-hydrogen) atoms. The van der Waals surface area contributed by atoms with E-state index in [4.69, 9.17) is 4.99 Å². The summed E-state index contributed by atoms with van der Waals surface area (Å²) in [6.07, 6.45) is 4.83. The van der Waals surface area contributed by atoms with Crippen molar-refractivity contribution in [3.63, 3.8) is 0 Å². The van der Waals surface area contributed by atoms with Gasteiger partial charge < -0.3 is 10.6 Å². The Hall–Kier alpha value is -2.35. The molecule has 3 aromatic rings. The molecule has 1 atom stereocenters. The summed E-state index contributed by atoms with van der Waals surface area (Å²) in [5, 5.41) is 11.2. The van der Waals surface area contributed by atoms with E-state index in [2.05, 4.69) is 60.0 Å². The van der Waals surface area contributed by atoms with E-state index in [-0.39, 0.29) is 30.0 Å². The summed E-state index contributed by atoms with van der Waals surface area (Å²) in [7, 11) is 0. The third-order valence-electron chi connectivity index (χ3n) is 4.32. The lowest BCUT2D eigenvalue weighted by atomic mass is 10.1. The fourth-order valence-corrected chi connectivity index (χ4v) is 2.86. The van der Waals surface area contributed by atoms with E-state index < -0.39 is 0 Å². The fraction of sp³-hybridized carbons (Fsp3) is 0.273. The van der Waals surface area contributed by atoms with Crippen LogP contribution in [-0.2, 0) is 6.42 Å². The van der Waals surface area contributed by atoms with Gasteiger partial charge in [-0.25, -0.2) is 4.68 Å². The monoisotopic (exact) mass is 489 g/mol. The van der Waals surface area contributed by atoms with Gasteiger partial charge in [0.1, 0.15) is 0 Å². The Morgan fingerprint density at radius 3 is 2.43 bits per heavy atom. The van der Waals surface area contributed by atoms with Gasteiger partial charge in [-0.05, 0) is 43.5 Å². The summed E-state index contributed by atoms with van der Waals surface area (Å²) < 4.78 is 1.90. The van der Waals surface area contributed by atoms with Gasteiger partial charge in [0, 0.05) is 19.3 Å². The Morgan fingerprint density at radius 1 is 1.07 bits per heavy atom. The molecule has 1 unspecified atom stereocenters. The third-order valence-corrected chi connectivity index (χ3v) is 4.32. The van der Waals surface area contributed by atoms with Crippen LogP contribution < -0.4 is 10.6 Å². The molecule has 0 saturated heterocycles. The number of benzene rings is 2. The van der Waals surface area contributed by atoms with Crippen molar-refractivity contribution >= 4 is 29.9 Å². The first-order valence-corrected chi connectivity index (χ1v) is 9.45. The smallest absolute Gasteiger partial charge is 0.191 e. The van der Waals surface area contributed by atoms with Crippen molar-refractivity contribution in [3.8, 4) is 5.69 Å². The van der Waals surface area contributed by atoms with Gasteiger partial charge in [0.05, 0.1) is 17.9 Å². The molecule has 2 aromatic carbocycles. The summed E-state index contributed by atoms with van der Waals surface area (Å²) in [6.45, 7) is 5.76. The molecule has 5 nitrogen and oxygen atoms in total. The van der Waals surface area contributed by atoms with Crippen molar-refractivity contribution in [2.45, 2.75) is 26.3 Å². The topological polar surface area (TPSA) is 54.2 Å². The van der Waals surface area contributed by atoms with Crippen molar-refractivity contribution in [1.29, 1.82) is 0 Å². The molecular formula is C22H28IN5. The van der Waals surface area contributed by atoms with Crippen LogP contribution in [0.4, 0.5) is 0 Å². The highest BCUT2D eigenvalue weighted by Gasteiger charge is 2.07. The Kier molecular flexibility index (Phi) is 9.00. The second kappa shape index (κ2) is 11.5. The van der Waals surface area contributed by atoms with Crippen LogP contribution in [0.1, 0.15) is 31.0 Å². The van der Waals surface area contributed by atoms with Gasteiger partial charge in [0.15, 0.2) is 5.96 Å². The summed E-state index contributed by atoms with van der Waals surface area (Å²) in [6, 6.07) is 20.7. The molecule has 0 saturated carbocycles. The second-order valence-corrected chi connectivity index (χ2v) is 6.42. The molecule has 148 valence electrons. The number of hydrogen-bond donors (Lipinski definition) is 2. The van der Waals surface area contributed by atoms with Crippen LogP contribution in [0.25, 0.3) is 5.69 Å². The lowest BCUT2D eigenvalue weighted by molar-refractivity contribution is 0.686. The molecule has 0 amide bonds. The maximum atomic E-state index is 4.71.